The normalized spacial score (nSPS) is 12.3. The van der Waals surface area contributed by atoms with Gasteiger partial charge in [0.05, 0.1) is 4.90 Å². The smallest absolute Gasteiger partial charge is 0.343 e. The van der Waals surface area contributed by atoms with E-state index in [9.17, 15) is 26.4 Å². The molecule has 0 atom stereocenters. The molecule has 112 valence electrons. The SMILES string of the molecule is Cc1c(Br)cc(S(N)(=O)=O)cc1C(=O)NCC(F)(F)F. The third-order valence-electron chi connectivity index (χ3n) is 2.34. The van der Waals surface area contributed by atoms with Gasteiger partial charge in [0.25, 0.3) is 5.91 Å². The molecule has 0 aromatic heterocycles. The van der Waals surface area contributed by atoms with E-state index in [0.717, 1.165) is 6.07 Å². The van der Waals surface area contributed by atoms with Crippen molar-refractivity contribution < 1.29 is 26.4 Å². The number of alkyl halides is 3. The maximum Gasteiger partial charge on any atom is 0.405 e. The van der Waals surface area contributed by atoms with E-state index < -0.39 is 28.7 Å². The quantitative estimate of drug-likeness (QED) is 0.843. The first kappa shape index (κ1) is 16.9. The fraction of sp³-hybridized carbons (Fsp3) is 0.300. The van der Waals surface area contributed by atoms with Gasteiger partial charge in [-0.25, -0.2) is 13.6 Å². The summed E-state index contributed by atoms with van der Waals surface area (Å²) in [5.74, 6) is -1.04. The van der Waals surface area contributed by atoms with Crippen molar-refractivity contribution in [3.63, 3.8) is 0 Å². The Labute approximate surface area is 121 Å². The van der Waals surface area contributed by atoms with Gasteiger partial charge in [0.1, 0.15) is 6.54 Å². The Morgan fingerprint density at radius 2 is 1.95 bits per heavy atom. The number of hydrogen-bond acceptors (Lipinski definition) is 3. The molecule has 1 aromatic carbocycles. The van der Waals surface area contributed by atoms with Gasteiger partial charge in [0.15, 0.2) is 0 Å². The van der Waals surface area contributed by atoms with Crippen molar-refractivity contribution in [1.82, 2.24) is 5.32 Å². The van der Waals surface area contributed by atoms with Crippen LogP contribution in [0.15, 0.2) is 21.5 Å². The van der Waals surface area contributed by atoms with Crippen LogP contribution >= 0.6 is 15.9 Å². The number of carbonyl (C=O) groups is 1. The molecular weight excluding hydrogens is 365 g/mol. The third-order valence-corrected chi connectivity index (χ3v) is 4.06. The van der Waals surface area contributed by atoms with Gasteiger partial charge in [0, 0.05) is 10.0 Å². The zero-order valence-corrected chi connectivity index (χ0v) is 12.5. The largest absolute Gasteiger partial charge is 0.405 e. The number of sulfonamides is 1. The van der Waals surface area contributed by atoms with Crippen LogP contribution in [0.2, 0.25) is 0 Å². The molecule has 10 heteroatoms. The molecule has 0 aliphatic rings. The second-order valence-electron chi connectivity index (χ2n) is 3.92. The summed E-state index contributed by atoms with van der Waals surface area (Å²) in [6.45, 7) is -0.0536. The van der Waals surface area contributed by atoms with E-state index in [1.807, 2.05) is 0 Å². The van der Waals surface area contributed by atoms with Crippen LogP contribution in [0.1, 0.15) is 15.9 Å². The van der Waals surface area contributed by atoms with Crippen molar-refractivity contribution in [3.8, 4) is 0 Å². The highest BCUT2D eigenvalue weighted by Crippen LogP contribution is 2.24. The zero-order valence-electron chi connectivity index (χ0n) is 10.1. The molecule has 0 saturated carbocycles. The van der Waals surface area contributed by atoms with Crippen LogP contribution in [0.25, 0.3) is 0 Å². The zero-order chi connectivity index (χ0) is 15.7. The molecule has 0 heterocycles. The summed E-state index contributed by atoms with van der Waals surface area (Å²) < 4.78 is 58.8. The number of nitrogens with one attached hydrogen (secondary N) is 1. The average Bonchev–Trinajstić information content (AvgIpc) is 2.27. The fourth-order valence-corrected chi connectivity index (χ4v) is 2.51. The maximum atomic E-state index is 12.0. The van der Waals surface area contributed by atoms with E-state index >= 15 is 0 Å². The van der Waals surface area contributed by atoms with Gasteiger partial charge in [0.2, 0.25) is 10.0 Å². The van der Waals surface area contributed by atoms with Gasteiger partial charge >= 0.3 is 6.18 Å². The Kier molecular flexibility index (Phi) is 4.82. The monoisotopic (exact) mass is 374 g/mol. The lowest BCUT2D eigenvalue weighted by molar-refractivity contribution is -0.123. The standard InChI is InChI=1S/C10H10BrF3N2O3S/c1-5-7(9(17)16-4-10(12,13)14)2-6(3-8(5)11)20(15,18)19/h2-3H,4H2,1H3,(H,16,17)(H2,15,18,19). The highest BCUT2D eigenvalue weighted by Gasteiger charge is 2.28. The first-order valence-corrected chi connectivity index (χ1v) is 7.43. The number of amides is 1. The number of benzene rings is 1. The predicted molar refractivity (Wildman–Crippen MR) is 68.6 cm³/mol. The molecule has 1 rings (SSSR count). The Balaban J connectivity index is 3.18. The average molecular weight is 375 g/mol. The molecule has 3 N–H and O–H groups in total. The van der Waals surface area contributed by atoms with Crippen molar-refractivity contribution >= 4 is 31.9 Å². The van der Waals surface area contributed by atoms with Gasteiger partial charge in [-0.3, -0.25) is 4.79 Å². The van der Waals surface area contributed by atoms with Crippen molar-refractivity contribution in [1.29, 1.82) is 0 Å². The van der Waals surface area contributed by atoms with Crippen LogP contribution in [0.4, 0.5) is 13.2 Å². The lowest BCUT2D eigenvalue weighted by Crippen LogP contribution is -2.34. The van der Waals surface area contributed by atoms with Crippen molar-refractivity contribution in [2.75, 3.05) is 6.54 Å². The van der Waals surface area contributed by atoms with Gasteiger partial charge in [-0.2, -0.15) is 13.2 Å². The molecule has 0 spiro atoms. The van der Waals surface area contributed by atoms with E-state index in [1.54, 1.807) is 5.32 Å². The Bertz CT molecular complexity index is 644. The molecule has 0 aliphatic heterocycles. The Morgan fingerprint density at radius 3 is 2.40 bits per heavy atom. The van der Waals surface area contributed by atoms with Crippen molar-refractivity contribution in [2.45, 2.75) is 18.0 Å². The Morgan fingerprint density at radius 1 is 1.40 bits per heavy atom. The molecule has 0 radical (unpaired) electrons. The summed E-state index contributed by atoms with van der Waals surface area (Å²) >= 11 is 3.03. The minimum Gasteiger partial charge on any atom is -0.343 e. The summed E-state index contributed by atoms with van der Waals surface area (Å²) in [4.78, 5) is 11.3. The third kappa shape index (κ3) is 4.46. The molecule has 1 amide bonds. The molecule has 20 heavy (non-hydrogen) atoms. The van der Waals surface area contributed by atoms with Gasteiger partial charge < -0.3 is 5.32 Å². The highest BCUT2D eigenvalue weighted by atomic mass is 79.9. The molecule has 0 fully saturated rings. The van der Waals surface area contributed by atoms with Gasteiger partial charge in [-0.1, -0.05) is 15.9 Å². The lowest BCUT2D eigenvalue weighted by Gasteiger charge is -2.12. The van der Waals surface area contributed by atoms with E-state index in [2.05, 4.69) is 15.9 Å². The van der Waals surface area contributed by atoms with Crippen LogP contribution in [0.3, 0.4) is 0 Å². The summed E-state index contributed by atoms with van der Waals surface area (Å²) in [6.07, 6.45) is -4.56. The lowest BCUT2D eigenvalue weighted by atomic mass is 10.1. The van der Waals surface area contributed by atoms with Crippen molar-refractivity contribution in [3.05, 3.63) is 27.7 Å². The second-order valence-corrected chi connectivity index (χ2v) is 6.34. The number of halogens is 4. The first-order valence-electron chi connectivity index (χ1n) is 5.10. The van der Waals surface area contributed by atoms with Crippen LogP contribution < -0.4 is 10.5 Å². The molecule has 5 nitrogen and oxygen atoms in total. The summed E-state index contributed by atoms with van der Waals surface area (Å²) in [6, 6.07) is 2.10. The second kappa shape index (κ2) is 5.70. The van der Waals surface area contributed by atoms with E-state index in [4.69, 9.17) is 5.14 Å². The summed E-state index contributed by atoms with van der Waals surface area (Å²) in [5.41, 5.74) is 0.102. The van der Waals surface area contributed by atoms with Crippen LogP contribution in [-0.4, -0.2) is 27.0 Å². The molecule has 0 bridgehead atoms. The summed E-state index contributed by atoms with van der Waals surface area (Å²) in [5, 5.41) is 6.59. The summed E-state index contributed by atoms with van der Waals surface area (Å²) in [7, 11) is -4.07. The molecule has 1 aromatic rings. The van der Waals surface area contributed by atoms with Crippen LogP contribution in [-0.2, 0) is 10.0 Å². The van der Waals surface area contributed by atoms with E-state index in [0.29, 0.717) is 5.56 Å². The topological polar surface area (TPSA) is 89.3 Å². The Hall–Kier alpha value is -1.13. The molecule has 0 saturated heterocycles. The number of rotatable bonds is 3. The minimum atomic E-state index is -4.56. The first-order chi connectivity index (χ1) is 8.92. The number of hydrogen-bond donors (Lipinski definition) is 2. The molecule has 0 aliphatic carbocycles. The highest BCUT2D eigenvalue weighted by molar-refractivity contribution is 9.10. The van der Waals surface area contributed by atoms with E-state index in [1.165, 1.54) is 13.0 Å². The molecule has 0 unspecified atom stereocenters. The van der Waals surface area contributed by atoms with E-state index in [-0.39, 0.29) is 14.9 Å². The maximum absolute atomic E-state index is 12.0. The number of nitrogens with two attached hydrogens (primary N) is 1. The van der Waals surface area contributed by atoms with Crippen LogP contribution in [0, 0.1) is 6.92 Å². The van der Waals surface area contributed by atoms with Gasteiger partial charge in [-0.05, 0) is 24.6 Å². The number of carbonyl (C=O) groups excluding carboxylic acids is 1. The fourth-order valence-electron chi connectivity index (χ4n) is 1.33. The predicted octanol–water partition coefficient (Wildman–Crippen LogP) is 1.70. The van der Waals surface area contributed by atoms with Crippen LogP contribution in [0.5, 0.6) is 0 Å². The molecular formula is C10H10BrF3N2O3S. The van der Waals surface area contributed by atoms with Gasteiger partial charge in [-0.15, -0.1) is 0 Å². The van der Waals surface area contributed by atoms with Crippen molar-refractivity contribution in [2.24, 2.45) is 5.14 Å². The minimum absolute atomic E-state index is 0.201. The number of primary sulfonamides is 1.